The number of allylic oxidation sites excluding steroid dienone is 1. The highest BCUT2D eigenvalue weighted by atomic mass is 14.3. The summed E-state index contributed by atoms with van der Waals surface area (Å²) in [4.78, 5) is 0. The highest BCUT2D eigenvalue weighted by molar-refractivity contribution is 6.16. The Balaban J connectivity index is 1.44. The second kappa shape index (κ2) is 10.3. The zero-order chi connectivity index (χ0) is 28.0. The largest absolute Gasteiger partial charge is 0.0654 e. The van der Waals surface area contributed by atoms with Crippen LogP contribution in [0.2, 0.25) is 0 Å². The highest BCUT2D eigenvalue weighted by Gasteiger charge is 2.24. The average molecular weight is 539 g/mol. The van der Waals surface area contributed by atoms with Crippen LogP contribution < -0.4 is 0 Å². The predicted molar refractivity (Wildman–Crippen MR) is 183 cm³/mol. The molecule has 0 radical (unpaired) electrons. The minimum Gasteiger partial charge on any atom is -0.0654 e. The van der Waals surface area contributed by atoms with Gasteiger partial charge >= 0.3 is 0 Å². The van der Waals surface area contributed by atoms with Gasteiger partial charge in [0.2, 0.25) is 0 Å². The molecule has 1 aliphatic carbocycles. The monoisotopic (exact) mass is 538 g/mol. The van der Waals surface area contributed by atoms with Gasteiger partial charge in [0.1, 0.15) is 0 Å². The lowest BCUT2D eigenvalue weighted by Crippen LogP contribution is -1.96. The molecule has 42 heavy (non-hydrogen) atoms. The first kappa shape index (κ1) is 25.1. The molecule has 7 aromatic rings. The molecule has 0 saturated carbocycles. The van der Waals surface area contributed by atoms with E-state index in [1.165, 1.54) is 102 Å². The number of unbranched alkanes of at least 4 members (excludes halogenated alkanes) is 2. The lowest BCUT2D eigenvalue weighted by Gasteiger charge is -2.19. The Hall–Kier alpha value is -4.68. The van der Waals surface area contributed by atoms with Gasteiger partial charge < -0.3 is 0 Å². The van der Waals surface area contributed by atoms with Gasteiger partial charge in [-0.3, -0.25) is 0 Å². The number of rotatable bonds is 6. The summed E-state index contributed by atoms with van der Waals surface area (Å²) in [5.41, 5.74) is 9.94. The molecule has 0 nitrogen and oxygen atoms in total. The van der Waals surface area contributed by atoms with Gasteiger partial charge in [-0.1, -0.05) is 141 Å². The van der Waals surface area contributed by atoms with Crippen LogP contribution in [0.4, 0.5) is 0 Å². The highest BCUT2D eigenvalue weighted by Crippen LogP contribution is 2.47. The van der Waals surface area contributed by atoms with Crippen molar-refractivity contribution in [1.29, 1.82) is 0 Å². The standard InChI is InChI=1S/C42H34/c1-2-3-4-13-28-24-39-37(41-33-18-9-5-14-29(33)26-30-15-6-10-19-34(30)41)22-23-38(40(39)25-28)42-35-20-11-7-16-31(35)27-32-17-8-12-21-36(32)42/h5-12,14-24,26-27H,2-4,13,25H2,1H3. The first-order chi connectivity index (χ1) is 20.8. The summed E-state index contributed by atoms with van der Waals surface area (Å²) >= 11 is 0. The van der Waals surface area contributed by atoms with Crippen molar-refractivity contribution >= 4 is 49.2 Å². The molecule has 0 amide bonds. The van der Waals surface area contributed by atoms with E-state index in [9.17, 15) is 0 Å². The van der Waals surface area contributed by atoms with Crippen LogP contribution in [-0.2, 0) is 6.42 Å². The summed E-state index contributed by atoms with van der Waals surface area (Å²) in [7, 11) is 0. The van der Waals surface area contributed by atoms with Crippen molar-refractivity contribution in [2.24, 2.45) is 0 Å². The minimum atomic E-state index is 1.03. The molecule has 202 valence electrons. The molecule has 0 spiro atoms. The number of fused-ring (bicyclic) bond motifs is 5. The second-order valence-corrected chi connectivity index (χ2v) is 11.9. The summed E-state index contributed by atoms with van der Waals surface area (Å²) in [6, 6.07) is 45.2. The van der Waals surface area contributed by atoms with Gasteiger partial charge in [0.05, 0.1) is 0 Å². The van der Waals surface area contributed by atoms with E-state index in [0.717, 1.165) is 6.42 Å². The van der Waals surface area contributed by atoms with Gasteiger partial charge in [-0.15, -0.1) is 0 Å². The van der Waals surface area contributed by atoms with Gasteiger partial charge in [0, 0.05) is 0 Å². The van der Waals surface area contributed by atoms with E-state index in [2.05, 4.69) is 134 Å². The van der Waals surface area contributed by atoms with Crippen molar-refractivity contribution in [3.63, 3.8) is 0 Å². The maximum Gasteiger partial charge on any atom is -0.00207 e. The number of benzene rings is 7. The second-order valence-electron chi connectivity index (χ2n) is 11.9. The summed E-state index contributed by atoms with van der Waals surface area (Å²) < 4.78 is 0. The molecular weight excluding hydrogens is 504 g/mol. The molecule has 7 aromatic carbocycles. The van der Waals surface area contributed by atoms with Crippen molar-refractivity contribution < 1.29 is 0 Å². The van der Waals surface area contributed by atoms with E-state index in [-0.39, 0.29) is 0 Å². The first-order valence-electron chi connectivity index (χ1n) is 15.5. The maximum absolute atomic E-state index is 2.55. The fraction of sp³-hybridized carbons (Fsp3) is 0.143. The normalized spacial score (nSPS) is 12.8. The summed E-state index contributed by atoms with van der Waals surface area (Å²) in [5, 5.41) is 10.5. The Morgan fingerprint density at radius 2 is 0.952 bits per heavy atom. The van der Waals surface area contributed by atoms with Crippen molar-refractivity contribution in [1.82, 2.24) is 0 Å². The van der Waals surface area contributed by atoms with Crippen LogP contribution in [0.15, 0.2) is 127 Å². The van der Waals surface area contributed by atoms with Gasteiger partial charge in [-0.25, -0.2) is 0 Å². The molecule has 0 heterocycles. The zero-order valence-electron chi connectivity index (χ0n) is 24.2. The van der Waals surface area contributed by atoms with E-state index in [1.807, 2.05) is 0 Å². The van der Waals surface area contributed by atoms with Crippen LogP contribution in [0.25, 0.3) is 71.4 Å². The van der Waals surface area contributed by atoms with E-state index in [1.54, 1.807) is 5.57 Å². The van der Waals surface area contributed by atoms with Crippen molar-refractivity contribution in [2.45, 2.75) is 39.0 Å². The summed E-state index contributed by atoms with van der Waals surface area (Å²) in [6.45, 7) is 2.30. The van der Waals surface area contributed by atoms with Gasteiger partial charge in [0.25, 0.3) is 0 Å². The Labute approximate surface area is 247 Å². The molecule has 0 bridgehead atoms. The molecule has 0 aromatic heterocycles. The van der Waals surface area contributed by atoms with Crippen LogP contribution in [0.3, 0.4) is 0 Å². The topological polar surface area (TPSA) is 0 Å². The fourth-order valence-electron chi connectivity index (χ4n) is 7.32. The van der Waals surface area contributed by atoms with Crippen LogP contribution >= 0.6 is 0 Å². The maximum atomic E-state index is 2.55. The Kier molecular flexibility index (Phi) is 6.15. The minimum absolute atomic E-state index is 1.03. The first-order valence-corrected chi connectivity index (χ1v) is 15.5. The molecule has 0 heteroatoms. The van der Waals surface area contributed by atoms with Crippen molar-refractivity contribution in [3.8, 4) is 22.3 Å². The SMILES string of the molecule is CCCCCC1=Cc2c(-c3c4ccccc4cc4ccccc34)ccc(-c3c4ccccc4cc4ccccc34)c2C1. The molecule has 0 saturated heterocycles. The van der Waals surface area contributed by atoms with E-state index in [0.29, 0.717) is 0 Å². The smallest absolute Gasteiger partial charge is 0.00207 e. The lowest BCUT2D eigenvalue weighted by molar-refractivity contribution is 0.709. The third-order valence-electron chi connectivity index (χ3n) is 9.29. The molecule has 0 N–H and O–H groups in total. The summed E-state index contributed by atoms with van der Waals surface area (Å²) in [5.74, 6) is 0. The molecule has 0 aliphatic heterocycles. The number of hydrogen-bond acceptors (Lipinski definition) is 0. The molecule has 0 unspecified atom stereocenters. The summed E-state index contributed by atoms with van der Waals surface area (Å²) in [6.07, 6.45) is 8.55. The van der Waals surface area contributed by atoms with E-state index >= 15 is 0 Å². The Bertz CT molecular complexity index is 2070. The van der Waals surface area contributed by atoms with Crippen LogP contribution in [0, 0.1) is 0 Å². The quantitative estimate of drug-likeness (QED) is 0.146. The fourth-order valence-corrected chi connectivity index (χ4v) is 7.32. The molecule has 0 fully saturated rings. The van der Waals surface area contributed by atoms with Gasteiger partial charge in [-0.2, -0.15) is 0 Å². The van der Waals surface area contributed by atoms with Gasteiger partial charge in [-0.05, 0) is 108 Å². The third kappa shape index (κ3) is 4.05. The van der Waals surface area contributed by atoms with Crippen molar-refractivity contribution in [3.05, 3.63) is 138 Å². The van der Waals surface area contributed by atoms with Crippen LogP contribution in [-0.4, -0.2) is 0 Å². The van der Waals surface area contributed by atoms with Gasteiger partial charge in [0.15, 0.2) is 0 Å². The average Bonchev–Trinajstić information content (AvgIpc) is 3.47. The van der Waals surface area contributed by atoms with Crippen LogP contribution in [0.1, 0.15) is 43.7 Å². The molecule has 0 atom stereocenters. The zero-order valence-corrected chi connectivity index (χ0v) is 24.2. The molecule has 8 rings (SSSR count). The van der Waals surface area contributed by atoms with E-state index in [4.69, 9.17) is 0 Å². The third-order valence-corrected chi connectivity index (χ3v) is 9.29. The van der Waals surface area contributed by atoms with Crippen molar-refractivity contribution in [2.75, 3.05) is 0 Å². The van der Waals surface area contributed by atoms with E-state index < -0.39 is 0 Å². The Morgan fingerprint density at radius 3 is 1.45 bits per heavy atom. The molecule has 1 aliphatic rings. The lowest BCUT2D eigenvalue weighted by atomic mass is 9.84. The number of hydrogen-bond donors (Lipinski definition) is 0. The molecular formula is C42H34. The van der Waals surface area contributed by atoms with Crippen LogP contribution in [0.5, 0.6) is 0 Å². The Morgan fingerprint density at radius 1 is 0.500 bits per heavy atom. The predicted octanol–water partition coefficient (Wildman–Crippen LogP) is 12.2.